The average molecular weight is 478 g/mol. The number of nitrogens with zero attached hydrogens (tertiary/aromatic N) is 1. The zero-order chi connectivity index (χ0) is 23.6. The third kappa shape index (κ3) is 11.4. The van der Waals surface area contributed by atoms with Gasteiger partial charge in [0.1, 0.15) is 12.5 Å². The Bertz CT molecular complexity index is 820. The molecular weight excluding hydrogens is 434 g/mol. The van der Waals surface area contributed by atoms with Crippen molar-refractivity contribution in [3.63, 3.8) is 0 Å². The minimum atomic E-state index is -0.0449. The minimum Gasteiger partial charge on any atom is -0.494 e. The fourth-order valence-corrected chi connectivity index (χ4v) is 4.27. The standard InChI is InChI=1S/C28H44ClNO3/c1-2-3-4-5-6-7-8-9-10-11-12-14-21-32-24-30-27-23-26(33-22-15-13-20-29)18-16-25(27)17-19-28(30)31/h16-19,23H,2-15,20-22,24H2,1H3. The van der Waals surface area contributed by atoms with E-state index in [9.17, 15) is 4.79 Å². The summed E-state index contributed by atoms with van der Waals surface area (Å²) in [5.74, 6) is 1.43. The molecule has 0 amide bonds. The van der Waals surface area contributed by atoms with Gasteiger partial charge < -0.3 is 9.47 Å². The molecule has 0 spiro atoms. The third-order valence-corrected chi connectivity index (χ3v) is 6.39. The van der Waals surface area contributed by atoms with Crippen LogP contribution in [0.4, 0.5) is 0 Å². The van der Waals surface area contributed by atoms with Gasteiger partial charge >= 0.3 is 0 Å². The first-order valence-corrected chi connectivity index (χ1v) is 13.7. The monoisotopic (exact) mass is 477 g/mol. The summed E-state index contributed by atoms with van der Waals surface area (Å²) in [6.07, 6.45) is 17.8. The van der Waals surface area contributed by atoms with Gasteiger partial charge in [-0.25, -0.2) is 0 Å². The van der Waals surface area contributed by atoms with Gasteiger partial charge in [0.25, 0.3) is 5.56 Å². The van der Waals surface area contributed by atoms with Gasteiger partial charge in [-0.05, 0) is 42.8 Å². The van der Waals surface area contributed by atoms with E-state index in [0.717, 1.165) is 35.9 Å². The molecule has 1 aromatic heterocycles. The molecule has 2 rings (SSSR count). The molecule has 4 nitrogen and oxygen atoms in total. The van der Waals surface area contributed by atoms with Crippen LogP contribution in [0.5, 0.6) is 5.75 Å². The number of hydrogen-bond acceptors (Lipinski definition) is 3. The lowest BCUT2D eigenvalue weighted by Crippen LogP contribution is -2.21. The first-order chi connectivity index (χ1) is 16.3. The second-order valence-corrected chi connectivity index (χ2v) is 9.37. The fraction of sp³-hybridized carbons (Fsp3) is 0.679. The zero-order valence-corrected chi connectivity index (χ0v) is 21.4. The summed E-state index contributed by atoms with van der Waals surface area (Å²) in [6.45, 7) is 3.87. The maximum Gasteiger partial charge on any atom is 0.252 e. The van der Waals surface area contributed by atoms with Crippen molar-refractivity contribution in [1.29, 1.82) is 0 Å². The first-order valence-electron chi connectivity index (χ1n) is 13.2. The van der Waals surface area contributed by atoms with Gasteiger partial charge in [0.2, 0.25) is 0 Å². The van der Waals surface area contributed by atoms with E-state index in [1.165, 1.54) is 70.6 Å². The Balaban J connectivity index is 1.64. The smallest absolute Gasteiger partial charge is 0.252 e. The minimum absolute atomic E-state index is 0.0449. The van der Waals surface area contributed by atoms with Crippen LogP contribution in [0.25, 0.3) is 10.9 Å². The van der Waals surface area contributed by atoms with Crippen molar-refractivity contribution in [3.05, 3.63) is 40.7 Å². The summed E-state index contributed by atoms with van der Waals surface area (Å²) in [5.41, 5.74) is 0.809. The summed E-state index contributed by atoms with van der Waals surface area (Å²) >= 11 is 5.72. The highest BCUT2D eigenvalue weighted by molar-refractivity contribution is 6.17. The number of pyridine rings is 1. The summed E-state index contributed by atoms with van der Waals surface area (Å²) in [5, 5.41) is 1.01. The van der Waals surface area contributed by atoms with Crippen LogP contribution in [-0.4, -0.2) is 23.7 Å². The molecule has 186 valence electrons. The van der Waals surface area contributed by atoms with E-state index in [1.807, 2.05) is 24.3 Å². The van der Waals surface area contributed by atoms with E-state index in [0.29, 0.717) is 19.1 Å². The van der Waals surface area contributed by atoms with Crippen LogP contribution in [0.1, 0.15) is 96.8 Å². The number of aromatic nitrogens is 1. The van der Waals surface area contributed by atoms with Gasteiger partial charge in [-0.15, -0.1) is 11.6 Å². The van der Waals surface area contributed by atoms with E-state index in [4.69, 9.17) is 21.1 Å². The molecule has 1 aromatic carbocycles. The number of benzene rings is 1. The molecule has 0 N–H and O–H groups in total. The quantitative estimate of drug-likeness (QED) is 0.143. The lowest BCUT2D eigenvalue weighted by Gasteiger charge is -2.13. The second-order valence-electron chi connectivity index (χ2n) is 8.99. The van der Waals surface area contributed by atoms with Crippen LogP contribution in [-0.2, 0) is 11.5 Å². The van der Waals surface area contributed by atoms with E-state index < -0.39 is 0 Å². The summed E-state index contributed by atoms with van der Waals surface area (Å²) in [6, 6.07) is 9.34. The van der Waals surface area contributed by atoms with Gasteiger partial charge in [0.05, 0.1) is 12.1 Å². The highest BCUT2D eigenvalue weighted by atomic mass is 35.5. The van der Waals surface area contributed by atoms with Crippen LogP contribution in [0.15, 0.2) is 35.1 Å². The van der Waals surface area contributed by atoms with Crippen molar-refractivity contribution < 1.29 is 9.47 Å². The van der Waals surface area contributed by atoms with Crippen molar-refractivity contribution in [1.82, 2.24) is 4.57 Å². The highest BCUT2D eigenvalue weighted by Gasteiger charge is 2.05. The number of rotatable bonds is 20. The Hall–Kier alpha value is -1.52. The van der Waals surface area contributed by atoms with E-state index >= 15 is 0 Å². The topological polar surface area (TPSA) is 40.5 Å². The van der Waals surface area contributed by atoms with E-state index in [2.05, 4.69) is 6.92 Å². The third-order valence-electron chi connectivity index (χ3n) is 6.12. The predicted octanol–water partition coefficient (Wildman–Crippen LogP) is 8.07. The first kappa shape index (κ1) is 27.7. The van der Waals surface area contributed by atoms with Gasteiger partial charge in [0.15, 0.2) is 0 Å². The summed E-state index contributed by atoms with van der Waals surface area (Å²) in [4.78, 5) is 12.4. The van der Waals surface area contributed by atoms with Crippen molar-refractivity contribution in [2.45, 2.75) is 104 Å². The van der Waals surface area contributed by atoms with Gasteiger partial charge in [-0.3, -0.25) is 9.36 Å². The largest absolute Gasteiger partial charge is 0.494 e. The van der Waals surface area contributed by atoms with E-state index in [1.54, 1.807) is 10.6 Å². The Morgan fingerprint density at radius 3 is 2.03 bits per heavy atom. The molecule has 0 atom stereocenters. The molecule has 5 heteroatoms. The summed E-state index contributed by atoms with van der Waals surface area (Å²) < 4.78 is 13.4. The molecule has 0 radical (unpaired) electrons. The van der Waals surface area contributed by atoms with Crippen molar-refractivity contribution in [3.8, 4) is 5.75 Å². The predicted molar refractivity (Wildman–Crippen MR) is 141 cm³/mol. The number of ether oxygens (including phenoxy) is 2. The SMILES string of the molecule is CCCCCCCCCCCCCCOCn1c(=O)ccc2ccc(OCCCCCl)cc21. The molecule has 0 unspecified atom stereocenters. The lowest BCUT2D eigenvalue weighted by molar-refractivity contribution is 0.0744. The number of fused-ring (bicyclic) bond motifs is 1. The van der Waals surface area contributed by atoms with Gasteiger partial charge in [0, 0.05) is 24.6 Å². The zero-order valence-electron chi connectivity index (χ0n) is 20.7. The summed E-state index contributed by atoms with van der Waals surface area (Å²) in [7, 11) is 0. The van der Waals surface area contributed by atoms with Crippen molar-refractivity contribution in [2.24, 2.45) is 0 Å². The Labute approximate surface area is 205 Å². The Morgan fingerprint density at radius 1 is 0.758 bits per heavy atom. The molecule has 1 heterocycles. The number of alkyl halides is 1. The van der Waals surface area contributed by atoms with Crippen LogP contribution in [0.2, 0.25) is 0 Å². The van der Waals surface area contributed by atoms with Crippen LogP contribution >= 0.6 is 11.6 Å². The van der Waals surface area contributed by atoms with Crippen LogP contribution in [0.3, 0.4) is 0 Å². The normalized spacial score (nSPS) is 11.3. The van der Waals surface area contributed by atoms with Crippen LogP contribution < -0.4 is 10.3 Å². The average Bonchev–Trinajstić information content (AvgIpc) is 2.83. The molecule has 0 bridgehead atoms. The number of unbranched alkanes of at least 4 members (excludes halogenated alkanes) is 12. The van der Waals surface area contributed by atoms with Gasteiger partial charge in [-0.2, -0.15) is 0 Å². The van der Waals surface area contributed by atoms with Crippen LogP contribution in [0, 0.1) is 0 Å². The molecule has 0 aliphatic carbocycles. The molecule has 33 heavy (non-hydrogen) atoms. The van der Waals surface area contributed by atoms with Crippen molar-refractivity contribution >= 4 is 22.5 Å². The number of halogens is 1. The molecular formula is C28H44ClNO3. The maximum absolute atomic E-state index is 12.4. The molecule has 2 aromatic rings. The lowest BCUT2D eigenvalue weighted by atomic mass is 10.1. The molecule has 0 saturated heterocycles. The second kappa shape index (κ2) is 17.9. The van der Waals surface area contributed by atoms with E-state index in [-0.39, 0.29) is 12.3 Å². The maximum atomic E-state index is 12.4. The number of hydrogen-bond donors (Lipinski definition) is 0. The molecule has 0 aliphatic heterocycles. The van der Waals surface area contributed by atoms with Crippen molar-refractivity contribution in [2.75, 3.05) is 19.1 Å². The Kier molecular flexibility index (Phi) is 15.0. The molecule has 0 aliphatic rings. The van der Waals surface area contributed by atoms with Gasteiger partial charge in [-0.1, -0.05) is 77.6 Å². The fourth-order valence-electron chi connectivity index (χ4n) is 4.08. The highest BCUT2D eigenvalue weighted by Crippen LogP contribution is 2.20. The molecule has 0 fully saturated rings. The Morgan fingerprint density at radius 2 is 1.36 bits per heavy atom. The molecule has 0 saturated carbocycles.